The molecular formula is C14H20N2O3. The number of aromatic nitrogens is 1. The zero-order valence-corrected chi connectivity index (χ0v) is 11.4. The van der Waals surface area contributed by atoms with Crippen LogP contribution in [0.1, 0.15) is 37.0 Å². The highest BCUT2D eigenvalue weighted by molar-refractivity contribution is 5.96. The van der Waals surface area contributed by atoms with Crippen LogP contribution in [-0.2, 0) is 4.74 Å². The van der Waals surface area contributed by atoms with Crippen molar-refractivity contribution in [2.75, 3.05) is 13.2 Å². The van der Waals surface area contributed by atoms with Crippen LogP contribution in [0.15, 0.2) is 18.3 Å². The van der Waals surface area contributed by atoms with E-state index in [1.165, 1.54) is 0 Å². The summed E-state index contributed by atoms with van der Waals surface area (Å²) in [6.07, 6.45) is 3.77. The Morgan fingerprint density at radius 2 is 2.53 bits per heavy atom. The molecule has 2 atom stereocenters. The molecule has 0 aliphatic carbocycles. The van der Waals surface area contributed by atoms with Crippen molar-refractivity contribution in [2.24, 2.45) is 0 Å². The summed E-state index contributed by atoms with van der Waals surface area (Å²) in [5.41, 5.74) is 0.467. The largest absolute Gasteiger partial charge is 0.477 e. The van der Waals surface area contributed by atoms with E-state index in [0.717, 1.165) is 19.4 Å². The van der Waals surface area contributed by atoms with Crippen LogP contribution in [-0.4, -0.2) is 36.3 Å². The Morgan fingerprint density at radius 3 is 3.21 bits per heavy atom. The van der Waals surface area contributed by atoms with Gasteiger partial charge in [-0.05, 0) is 38.8 Å². The molecule has 0 saturated carbocycles. The summed E-state index contributed by atoms with van der Waals surface area (Å²) in [5.74, 6) is 0.210. The minimum absolute atomic E-state index is 0.00955. The van der Waals surface area contributed by atoms with Gasteiger partial charge in [0.15, 0.2) is 0 Å². The lowest BCUT2D eigenvalue weighted by atomic mass is 10.1. The highest BCUT2D eigenvalue weighted by Gasteiger charge is 2.25. The van der Waals surface area contributed by atoms with Crippen molar-refractivity contribution in [3.8, 4) is 5.88 Å². The predicted octanol–water partition coefficient (Wildman–Crippen LogP) is 1.78. The number of carbonyl (C=O) groups excluding carboxylic acids is 1. The maximum absolute atomic E-state index is 12.2. The lowest BCUT2D eigenvalue weighted by molar-refractivity contribution is 0.0710. The third-order valence-corrected chi connectivity index (χ3v) is 3.18. The molecule has 1 aliphatic heterocycles. The molecule has 5 heteroatoms. The second-order valence-corrected chi connectivity index (χ2v) is 4.60. The van der Waals surface area contributed by atoms with Crippen LogP contribution >= 0.6 is 0 Å². The fourth-order valence-electron chi connectivity index (χ4n) is 2.19. The standard InChI is InChI=1S/C14H20N2O3/c1-3-18-14-11(6-4-8-15-14)13(17)16-10(2)12-7-5-9-19-12/h4,6,8,10,12H,3,5,7,9H2,1-2H3,(H,16,17)/t10-,12+/m1/s1. The number of pyridine rings is 1. The van der Waals surface area contributed by atoms with Gasteiger partial charge in [-0.25, -0.2) is 4.98 Å². The monoisotopic (exact) mass is 264 g/mol. The fraction of sp³-hybridized carbons (Fsp3) is 0.571. The van der Waals surface area contributed by atoms with Crippen LogP contribution in [0.3, 0.4) is 0 Å². The first-order valence-corrected chi connectivity index (χ1v) is 6.72. The molecule has 5 nitrogen and oxygen atoms in total. The van der Waals surface area contributed by atoms with Crippen molar-refractivity contribution in [3.63, 3.8) is 0 Å². The minimum atomic E-state index is -0.167. The molecule has 1 saturated heterocycles. The van der Waals surface area contributed by atoms with E-state index in [1.807, 2.05) is 13.8 Å². The third kappa shape index (κ3) is 3.44. The molecule has 1 N–H and O–H groups in total. The highest BCUT2D eigenvalue weighted by atomic mass is 16.5. The van der Waals surface area contributed by atoms with Crippen LogP contribution in [0.25, 0.3) is 0 Å². The van der Waals surface area contributed by atoms with E-state index in [4.69, 9.17) is 9.47 Å². The van der Waals surface area contributed by atoms with Crippen molar-refractivity contribution >= 4 is 5.91 Å². The number of amides is 1. The second kappa shape index (κ2) is 6.52. The molecule has 0 bridgehead atoms. The summed E-state index contributed by atoms with van der Waals surface area (Å²) in [6.45, 7) is 5.09. The Kier molecular flexibility index (Phi) is 4.74. The van der Waals surface area contributed by atoms with E-state index in [0.29, 0.717) is 18.1 Å². The Hall–Kier alpha value is -1.62. The smallest absolute Gasteiger partial charge is 0.257 e. The number of carbonyl (C=O) groups is 1. The molecule has 19 heavy (non-hydrogen) atoms. The first-order valence-electron chi connectivity index (χ1n) is 6.72. The summed E-state index contributed by atoms with van der Waals surface area (Å²) in [7, 11) is 0. The lowest BCUT2D eigenvalue weighted by Crippen LogP contribution is -2.41. The van der Waals surface area contributed by atoms with Gasteiger partial charge < -0.3 is 14.8 Å². The Balaban J connectivity index is 2.02. The van der Waals surface area contributed by atoms with Gasteiger partial charge in [-0.3, -0.25) is 4.79 Å². The Bertz CT molecular complexity index is 430. The zero-order chi connectivity index (χ0) is 13.7. The second-order valence-electron chi connectivity index (χ2n) is 4.60. The summed E-state index contributed by atoms with van der Waals surface area (Å²) >= 11 is 0. The van der Waals surface area contributed by atoms with Gasteiger partial charge >= 0.3 is 0 Å². The summed E-state index contributed by atoms with van der Waals surface area (Å²) in [4.78, 5) is 16.3. The molecule has 1 fully saturated rings. The molecule has 0 spiro atoms. The third-order valence-electron chi connectivity index (χ3n) is 3.18. The maximum Gasteiger partial charge on any atom is 0.257 e. The zero-order valence-electron chi connectivity index (χ0n) is 11.4. The van der Waals surface area contributed by atoms with E-state index >= 15 is 0 Å². The normalized spacial score (nSPS) is 20.0. The van der Waals surface area contributed by atoms with Crippen molar-refractivity contribution in [2.45, 2.75) is 38.8 Å². The van der Waals surface area contributed by atoms with Crippen LogP contribution in [0.2, 0.25) is 0 Å². The van der Waals surface area contributed by atoms with Crippen LogP contribution in [0.5, 0.6) is 5.88 Å². The van der Waals surface area contributed by atoms with Crippen LogP contribution in [0.4, 0.5) is 0 Å². The number of hydrogen-bond acceptors (Lipinski definition) is 4. The molecule has 104 valence electrons. The van der Waals surface area contributed by atoms with Gasteiger partial charge in [0.25, 0.3) is 5.91 Å². The predicted molar refractivity (Wildman–Crippen MR) is 71.3 cm³/mol. The number of nitrogens with zero attached hydrogens (tertiary/aromatic N) is 1. The van der Waals surface area contributed by atoms with E-state index in [2.05, 4.69) is 10.3 Å². The van der Waals surface area contributed by atoms with Crippen LogP contribution in [0, 0.1) is 0 Å². The van der Waals surface area contributed by atoms with Crippen molar-refractivity contribution < 1.29 is 14.3 Å². The van der Waals surface area contributed by atoms with Crippen LogP contribution < -0.4 is 10.1 Å². The van der Waals surface area contributed by atoms with Gasteiger partial charge in [0.2, 0.25) is 5.88 Å². The SMILES string of the molecule is CCOc1ncccc1C(=O)N[C@H](C)[C@@H]1CCCO1. The molecule has 2 rings (SSSR count). The number of ether oxygens (including phenoxy) is 2. The molecule has 0 radical (unpaired) electrons. The van der Waals surface area contributed by atoms with E-state index in [1.54, 1.807) is 18.3 Å². The van der Waals surface area contributed by atoms with E-state index in [-0.39, 0.29) is 18.1 Å². The molecule has 1 aromatic rings. The first-order chi connectivity index (χ1) is 9.22. The number of hydrogen-bond donors (Lipinski definition) is 1. The molecule has 2 heterocycles. The number of rotatable bonds is 5. The van der Waals surface area contributed by atoms with Gasteiger partial charge in [0.1, 0.15) is 5.56 Å². The Morgan fingerprint density at radius 1 is 1.68 bits per heavy atom. The van der Waals surface area contributed by atoms with E-state index in [9.17, 15) is 4.79 Å². The molecule has 0 unspecified atom stereocenters. The first kappa shape index (κ1) is 13.8. The molecule has 1 amide bonds. The van der Waals surface area contributed by atoms with Gasteiger partial charge in [0, 0.05) is 12.8 Å². The van der Waals surface area contributed by atoms with E-state index < -0.39 is 0 Å². The van der Waals surface area contributed by atoms with Crippen molar-refractivity contribution in [3.05, 3.63) is 23.9 Å². The average molecular weight is 264 g/mol. The van der Waals surface area contributed by atoms with Gasteiger partial charge in [-0.1, -0.05) is 0 Å². The van der Waals surface area contributed by atoms with Gasteiger partial charge in [-0.2, -0.15) is 0 Å². The van der Waals surface area contributed by atoms with Gasteiger partial charge in [-0.15, -0.1) is 0 Å². The van der Waals surface area contributed by atoms with Crippen molar-refractivity contribution in [1.29, 1.82) is 0 Å². The summed E-state index contributed by atoms with van der Waals surface area (Å²) in [5, 5.41) is 2.95. The average Bonchev–Trinajstić information content (AvgIpc) is 2.93. The minimum Gasteiger partial charge on any atom is -0.477 e. The molecular weight excluding hydrogens is 244 g/mol. The molecule has 1 aliphatic rings. The Labute approximate surface area is 113 Å². The molecule has 1 aromatic heterocycles. The fourth-order valence-corrected chi connectivity index (χ4v) is 2.19. The lowest BCUT2D eigenvalue weighted by Gasteiger charge is -2.20. The summed E-state index contributed by atoms with van der Waals surface area (Å²) < 4.78 is 10.9. The van der Waals surface area contributed by atoms with Crippen molar-refractivity contribution in [1.82, 2.24) is 10.3 Å². The number of nitrogens with one attached hydrogen (secondary N) is 1. The quantitative estimate of drug-likeness (QED) is 0.880. The highest BCUT2D eigenvalue weighted by Crippen LogP contribution is 2.18. The summed E-state index contributed by atoms with van der Waals surface area (Å²) in [6, 6.07) is 3.44. The topological polar surface area (TPSA) is 60.5 Å². The van der Waals surface area contributed by atoms with Gasteiger partial charge in [0.05, 0.1) is 18.8 Å². The maximum atomic E-state index is 12.2. The molecule has 0 aromatic carbocycles.